The lowest BCUT2D eigenvalue weighted by molar-refractivity contribution is -0.142. The summed E-state index contributed by atoms with van der Waals surface area (Å²) in [5, 5.41) is 13.2. The lowest BCUT2D eigenvalue weighted by atomic mass is 9.92. The molecule has 1 aliphatic heterocycles. The number of aromatic nitrogens is 2. The summed E-state index contributed by atoms with van der Waals surface area (Å²) in [5.41, 5.74) is 0.720. The van der Waals surface area contributed by atoms with Gasteiger partial charge < -0.3 is 18.9 Å². The molecule has 1 N–H and O–H groups in total. The number of amides is 1. The average Bonchev–Trinajstić information content (AvgIpc) is 3.05. The molecule has 4 rings (SSSR count). The molecule has 8 nitrogen and oxygen atoms in total. The zero-order valence-corrected chi connectivity index (χ0v) is 13.6. The van der Waals surface area contributed by atoms with Gasteiger partial charge >= 0.3 is 5.97 Å². The predicted octanol–water partition coefficient (Wildman–Crippen LogP) is 1.83. The summed E-state index contributed by atoms with van der Waals surface area (Å²) < 4.78 is 10.1. The fraction of sp³-hybridized carbons (Fsp3) is 0.529. The highest BCUT2D eigenvalue weighted by molar-refractivity contribution is 5.79. The Balaban J connectivity index is 1.34. The van der Waals surface area contributed by atoms with Crippen molar-refractivity contribution >= 4 is 11.9 Å². The number of likely N-dealkylation sites (tertiary alicyclic amines) is 1. The minimum Gasteiger partial charge on any atom is -0.481 e. The van der Waals surface area contributed by atoms with Gasteiger partial charge in [0.15, 0.2) is 0 Å². The van der Waals surface area contributed by atoms with Crippen molar-refractivity contribution in [2.24, 2.45) is 17.8 Å². The highest BCUT2D eigenvalue weighted by Crippen LogP contribution is 2.44. The summed E-state index contributed by atoms with van der Waals surface area (Å²) in [6, 6.07) is 1.73. The van der Waals surface area contributed by atoms with Gasteiger partial charge in [0.25, 0.3) is 0 Å². The van der Waals surface area contributed by atoms with E-state index in [0.717, 1.165) is 18.4 Å². The molecule has 1 aliphatic carbocycles. The molecule has 1 amide bonds. The Hall–Kier alpha value is -2.64. The summed E-state index contributed by atoms with van der Waals surface area (Å²) in [6.45, 7) is 0.851. The van der Waals surface area contributed by atoms with E-state index in [1.54, 1.807) is 11.0 Å². The maximum Gasteiger partial charge on any atom is 0.308 e. The van der Waals surface area contributed by atoms with Gasteiger partial charge in [-0.3, -0.25) is 9.59 Å². The van der Waals surface area contributed by atoms with E-state index in [1.165, 1.54) is 12.5 Å². The number of furan rings is 1. The molecule has 0 radical (unpaired) electrons. The quantitative estimate of drug-likeness (QED) is 0.850. The van der Waals surface area contributed by atoms with E-state index in [4.69, 9.17) is 8.94 Å². The Kier molecular flexibility index (Phi) is 4.03. The first-order valence-corrected chi connectivity index (χ1v) is 8.47. The number of hydrogen-bond acceptors (Lipinski definition) is 6. The van der Waals surface area contributed by atoms with E-state index in [2.05, 4.69) is 10.1 Å². The van der Waals surface area contributed by atoms with E-state index in [-0.39, 0.29) is 18.2 Å². The zero-order valence-electron chi connectivity index (χ0n) is 13.6. The molecule has 25 heavy (non-hydrogen) atoms. The monoisotopic (exact) mass is 345 g/mol. The van der Waals surface area contributed by atoms with Crippen LogP contribution >= 0.6 is 0 Å². The third-order valence-electron chi connectivity index (χ3n) is 5.06. The first-order chi connectivity index (χ1) is 12.1. The molecule has 1 saturated heterocycles. The van der Waals surface area contributed by atoms with Crippen LogP contribution in [-0.2, 0) is 16.0 Å². The van der Waals surface area contributed by atoms with E-state index < -0.39 is 11.9 Å². The summed E-state index contributed by atoms with van der Waals surface area (Å²) in [6.07, 6.45) is 5.78. The molecule has 0 unspecified atom stereocenters. The van der Waals surface area contributed by atoms with Crippen LogP contribution in [0.4, 0.5) is 0 Å². The lowest BCUT2D eigenvalue weighted by Gasteiger charge is -2.15. The summed E-state index contributed by atoms with van der Waals surface area (Å²) in [7, 11) is 0. The topological polar surface area (TPSA) is 110 Å². The molecule has 2 aromatic rings. The van der Waals surface area contributed by atoms with Crippen LogP contribution in [0.1, 0.15) is 25.2 Å². The van der Waals surface area contributed by atoms with Crippen molar-refractivity contribution in [1.29, 1.82) is 0 Å². The molecule has 2 atom stereocenters. The van der Waals surface area contributed by atoms with E-state index in [0.29, 0.717) is 37.1 Å². The highest BCUT2D eigenvalue weighted by atomic mass is 16.5. The number of aryl methyl sites for hydroxylation is 1. The number of carbonyl (C=O) groups is 2. The van der Waals surface area contributed by atoms with Crippen LogP contribution in [0, 0.1) is 17.8 Å². The summed E-state index contributed by atoms with van der Waals surface area (Å²) in [5.74, 6) is 0.0816. The molecular formula is C17H19N3O5. The molecule has 1 saturated carbocycles. The lowest BCUT2D eigenvalue weighted by Crippen LogP contribution is -2.30. The number of carboxylic acids is 1. The number of hydrogen-bond donors (Lipinski definition) is 1. The van der Waals surface area contributed by atoms with Crippen molar-refractivity contribution in [1.82, 2.24) is 15.0 Å². The van der Waals surface area contributed by atoms with Crippen molar-refractivity contribution in [3.05, 3.63) is 24.5 Å². The number of carboxylic acid groups (broad SMARTS) is 1. The maximum atomic E-state index is 12.4. The molecule has 3 heterocycles. The van der Waals surface area contributed by atoms with Crippen molar-refractivity contribution < 1.29 is 23.6 Å². The third-order valence-corrected chi connectivity index (χ3v) is 5.06. The summed E-state index contributed by atoms with van der Waals surface area (Å²) >= 11 is 0. The van der Waals surface area contributed by atoms with E-state index in [9.17, 15) is 14.7 Å². The second kappa shape index (κ2) is 6.34. The standard InChI is InChI=1S/C17H19N3O5/c21-15(20-7-12(10-1-2-10)13(8-20)17(22)23)4-3-14-18-16(19-25-14)11-5-6-24-9-11/h5-6,9-10,12-13H,1-4,7-8H2,(H,22,23)/t12-,13+/m1/s1. The van der Waals surface area contributed by atoms with Crippen molar-refractivity contribution in [3.8, 4) is 11.4 Å². The third kappa shape index (κ3) is 3.29. The molecule has 2 fully saturated rings. The van der Waals surface area contributed by atoms with Gasteiger partial charge in [-0.25, -0.2) is 0 Å². The molecule has 2 aromatic heterocycles. The zero-order chi connectivity index (χ0) is 17.4. The largest absolute Gasteiger partial charge is 0.481 e. The normalized spacial score (nSPS) is 23.1. The number of aliphatic carboxylic acids is 1. The Morgan fingerprint density at radius 1 is 1.32 bits per heavy atom. The maximum absolute atomic E-state index is 12.4. The van der Waals surface area contributed by atoms with Crippen LogP contribution in [0.15, 0.2) is 27.5 Å². The first kappa shape index (κ1) is 15.9. The Labute approximate surface area is 143 Å². The summed E-state index contributed by atoms with van der Waals surface area (Å²) in [4.78, 5) is 29.8. The molecular weight excluding hydrogens is 326 g/mol. The van der Waals surface area contributed by atoms with E-state index >= 15 is 0 Å². The van der Waals surface area contributed by atoms with Crippen molar-refractivity contribution in [2.75, 3.05) is 13.1 Å². The van der Waals surface area contributed by atoms with Gasteiger partial charge in [-0.15, -0.1) is 0 Å². The molecule has 132 valence electrons. The van der Waals surface area contributed by atoms with Crippen molar-refractivity contribution in [3.63, 3.8) is 0 Å². The van der Waals surface area contributed by atoms with Crippen LogP contribution in [0.2, 0.25) is 0 Å². The predicted molar refractivity (Wildman–Crippen MR) is 84.2 cm³/mol. The number of carbonyl (C=O) groups excluding carboxylic acids is 1. The fourth-order valence-electron chi connectivity index (χ4n) is 3.53. The van der Waals surface area contributed by atoms with Gasteiger partial charge in [0.05, 0.1) is 17.7 Å². The van der Waals surface area contributed by atoms with Gasteiger partial charge in [0.2, 0.25) is 17.6 Å². The molecule has 0 spiro atoms. The molecule has 2 aliphatic rings. The Bertz CT molecular complexity index is 765. The van der Waals surface area contributed by atoms with Crippen LogP contribution in [0.25, 0.3) is 11.4 Å². The van der Waals surface area contributed by atoms with Gasteiger partial charge in [-0.1, -0.05) is 5.16 Å². The first-order valence-electron chi connectivity index (χ1n) is 8.47. The average molecular weight is 345 g/mol. The van der Waals surface area contributed by atoms with Crippen molar-refractivity contribution in [2.45, 2.75) is 25.7 Å². The van der Waals surface area contributed by atoms with Crippen LogP contribution in [0.5, 0.6) is 0 Å². The van der Waals surface area contributed by atoms with Crippen LogP contribution in [0.3, 0.4) is 0 Å². The van der Waals surface area contributed by atoms with Gasteiger partial charge in [-0.2, -0.15) is 4.98 Å². The fourth-order valence-corrected chi connectivity index (χ4v) is 3.53. The molecule has 0 aromatic carbocycles. The van der Waals surface area contributed by atoms with Crippen LogP contribution in [-0.4, -0.2) is 45.1 Å². The minimum atomic E-state index is -0.797. The van der Waals surface area contributed by atoms with Crippen LogP contribution < -0.4 is 0 Å². The highest BCUT2D eigenvalue weighted by Gasteiger charge is 2.46. The molecule has 0 bridgehead atoms. The Morgan fingerprint density at radius 3 is 2.84 bits per heavy atom. The second-order valence-electron chi connectivity index (χ2n) is 6.77. The number of nitrogens with zero attached hydrogens (tertiary/aromatic N) is 3. The minimum absolute atomic E-state index is 0.0579. The SMILES string of the molecule is O=C(O)[C@H]1CN(C(=O)CCc2nc(-c3ccoc3)no2)C[C@@H]1C1CC1. The Morgan fingerprint density at radius 2 is 2.16 bits per heavy atom. The second-order valence-corrected chi connectivity index (χ2v) is 6.77. The smallest absolute Gasteiger partial charge is 0.308 e. The van der Waals surface area contributed by atoms with E-state index in [1.807, 2.05) is 0 Å². The number of rotatable bonds is 6. The van der Waals surface area contributed by atoms with Gasteiger partial charge in [0, 0.05) is 25.9 Å². The van der Waals surface area contributed by atoms with Gasteiger partial charge in [-0.05, 0) is 30.7 Å². The van der Waals surface area contributed by atoms with Gasteiger partial charge in [0.1, 0.15) is 6.26 Å². The molecule has 8 heteroatoms.